The van der Waals surface area contributed by atoms with Crippen molar-refractivity contribution in [2.24, 2.45) is 0 Å². The Kier molecular flexibility index (Phi) is 1.61. The summed E-state index contributed by atoms with van der Waals surface area (Å²) in [6, 6.07) is 0. The summed E-state index contributed by atoms with van der Waals surface area (Å²) < 4.78 is 0. The van der Waals surface area contributed by atoms with Crippen molar-refractivity contribution in [2.45, 2.75) is 13.5 Å². The van der Waals surface area contributed by atoms with Crippen LogP contribution in [0.1, 0.15) is 6.92 Å². The Morgan fingerprint density at radius 3 is 2.90 bits per heavy atom. The van der Waals surface area contributed by atoms with E-state index in [1.54, 1.807) is 0 Å². The second kappa shape index (κ2) is 2.42. The van der Waals surface area contributed by atoms with E-state index in [1.165, 1.54) is 4.80 Å². The molecule has 0 aliphatic rings. The summed E-state index contributed by atoms with van der Waals surface area (Å²) in [5, 5.41) is 17.2. The molecule has 1 aromatic rings. The number of rotatable bonds is 2. The lowest BCUT2D eigenvalue weighted by Gasteiger charge is -1.82. The van der Waals surface area contributed by atoms with E-state index in [0.717, 1.165) is 6.20 Å². The van der Waals surface area contributed by atoms with Crippen molar-refractivity contribution in [1.82, 2.24) is 15.0 Å². The third-order valence-electron chi connectivity index (χ3n) is 0.994. The highest BCUT2D eigenvalue weighted by Gasteiger charge is 2.09. The summed E-state index contributed by atoms with van der Waals surface area (Å²) >= 11 is 0. The smallest absolute Gasteiger partial charge is 0.358 e. The molecule has 0 aromatic carbocycles. The fraction of sp³-hybridized carbons (Fsp3) is 0.500. The van der Waals surface area contributed by atoms with E-state index in [1.807, 2.05) is 6.92 Å². The van der Waals surface area contributed by atoms with E-state index < -0.39 is 4.92 Å². The maximum absolute atomic E-state index is 10.0. The molecule has 1 heterocycles. The van der Waals surface area contributed by atoms with Crippen LogP contribution in [0.25, 0.3) is 0 Å². The van der Waals surface area contributed by atoms with Crippen LogP contribution in [0.3, 0.4) is 0 Å². The summed E-state index contributed by atoms with van der Waals surface area (Å²) in [4.78, 5) is 10.7. The number of hydrogen-bond donors (Lipinski definition) is 0. The van der Waals surface area contributed by atoms with Crippen LogP contribution in [0.15, 0.2) is 6.20 Å². The van der Waals surface area contributed by atoms with Gasteiger partial charge in [0.1, 0.15) is 0 Å². The van der Waals surface area contributed by atoms with Gasteiger partial charge in [-0.3, -0.25) is 0 Å². The molecule has 0 amide bonds. The van der Waals surface area contributed by atoms with Gasteiger partial charge in [0.2, 0.25) is 0 Å². The van der Waals surface area contributed by atoms with E-state index in [2.05, 4.69) is 10.2 Å². The zero-order valence-corrected chi connectivity index (χ0v) is 5.39. The Hall–Kier alpha value is -1.46. The quantitative estimate of drug-likeness (QED) is 0.437. The fourth-order valence-corrected chi connectivity index (χ4v) is 0.524. The van der Waals surface area contributed by atoms with E-state index in [4.69, 9.17) is 0 Å². The van der Waals surface area contributed by atoms with Crippen LogP contribution in [-0.4, -0.2) is 19.9 Å². The van der Waals surface area contributed by atoms with Crippen molar-refractivity contribution in [1.29, 1.82) is 0 Å². The summed E-state index contributed by atoms with van der Waals surface area (Å²) in [5.74, 6) is -0.207. The van der Waals surface area contributed by atoms with E-state index in [0.29, 0.717) is 6.54 Å². The average molecular weight is 142 g/mol. The molecule has 0 N–H and O–H groups in total. The molecular weight excluding hydrogens is 136 g/mol. The molecular formula is C4H6N4O2. The van der Waals surface area contributed by atoms with Crippen molar-refractivity contribution < 1.29 is 4.92 Å². The van der Waals surface area contributed by atoms with Crippen LogP contribution >= 0.6 is 0 Å². The second-order valence-electron chi connectivity index (χ2n) is 1.65. The molecule has 54 valence electrons. The predicted octanol–water partition coefficient (Wildman–Crippen LogP) is 0.206. The SMILES string of the molecule is CCn1ncc([N+](=O)[O-])n1. The Morgan fingerprint density at radius 1 is 1.90 bits per heavy atom. The lowest BCUT2D eigenvalue weighted by atomic mass is 10.8. The highest BCUT2D eigenvalue weighted by molar-refractivity contribution is 5.07. The van der Waals surface area contributed by atoms with Crippen molar-refractivity contribution in [3.8, 4) is 0 Å². The zero-order valence-electron chi connectivity index (χ0n) is 5.39. The van der Waals surface area contributed by atoms with Gasteiger partial charge in [0.05, 0.1) is 11.6 Å². The molecule has 1 aromatic heterocycles. The molecule has 6 heteroatoms. The molecule has 6 nitrogen and oxygen atoms in total. The number of aromatic nitrogens is 3. The molecule has 0 bridgehead atoms. The number of nitro groups is 1. The largest absolute Gasteiger partial charge is 0.410 e. The number of nitrogens with zero attached hydrogens (tertiary/aromatic N) is 4. The van der Waals surface area contributed by atoms with Crippen LogP contribution in [-0.2, 0) is 6.54 Å². The molecule has 0 atom stereocenters. The molecule has 1 rings (SSSR count). The van der Waals surface area contributed by atoms with Gasteiger partial charge in [-0.2, -0.15) is 0 Å². The highest BCUT2D eigenvalue weighted by atomic mass is 16.6. The lowest BCUT2D eigenvalue weighted by Crippen LogP contribution is -1.98. The number of aryl methyl sites for hydroxylation is 1. The monoisotopic (exact) mass is 142 g/mol. The molecule has 0 spiro atoms. The molecule has 0 saturated carbocycles. The second-order valence-corrected chi connectivity index (χ2v) is 1.65. The van der Waals surface area contributed by atoms with E-state index in [9.17, 15) is 10.1 Å². The normalized spacial score (nSPS) is 9.70. The Morgan fingerprint density at radius 2 is 2.60 bits per heavy atom. The van der Waals surface area contributed by atoms with Crippen molar-refractivity contribution >= 4 is 5.82 Å². The summed E-state index contributed by atoms with van der Waals surface area (Å²) in [6.07, 6.45) is 1.13. The van der Waals surface area contributed by atoms with Crippen LogP contribution in [0, 0.1) is 10.1 Å². The molecule has 0 unspecified atom stereocenters. The zero-order chi connectivity index (χ0) is 7.56. The topological polar surface area (TPSA) is 73.8 Å². The first-order valence-corrected chi connectivity index (χ1v) is 2.78. The van der Waals surface area contributed by atoms with Crippen LogP contribution in [0.4, 0.5) is 5.82 Å². The maximum Gasteiger partial charge on any atom is 0.410 e. The minimum Gasteiger partial charge on any atom is -0.358 e. The van der Waals surface area contributed by atoms with Crippen molar-refractivity contribution in [2.75, 3.05) is 0 Å². The summed E-state index contributed by atoms with van der Waals surface area (Å²) in [5.41, 5.74) is 0. The highest BCUT2D eigenvalue weighted by Crippen LogP contribution is 2.00. The van der Waals surface area contributed by atoms with Crippen LogP contribution < -0.4 is 0 Å². The minimum atomic E-state index is -0.570. The van der Waals surface area contributed by atoms with Crippen LogP contribution in [0.5, 0.6) is 0 Å². The Labute approximate surface area is 56.6 Å². The van der Waals surface area contributed by atoms with Gasteiger partial charge in [-0.05, 0) is 11.8 Å². The first-order chi connectivity index (χ1) is 4.74. The van der Waals surface area contributed by atoms with Crippen molar-refractivity contribution in [3.63, 3.8) is 0 Å². The van der Waals surface area contributed by atoms with Gasteiger partial charge in [-0.15, -0.1) is 5.10 Å². The minimum absolute atomic E-state index is 0.207. The summed E-state index contributed by atoms with van der Waals surface area (Å²) in [6.45, 7) is 2.36. The van der Waals surface area contributed by atoms with Gasteiger partial charge in [0.25, 0.3) is 0 Å². The first kappa shape index (κ1) is 6.66. The third-order valence-corrected chi connectivity index (χ3v) is 0.994. The van der Waals surface area contributed by atoms with Gasteiger partial charge < -0.3 is 10.1 Å². The summed E-state index contributed by atoms with van der Waals surface area (Å²) in [7, 11) is 0. The van der Waals surface area contributed by atoms with Crippen LogP contribution in [0.2, 0.25) is 0 Å². The van der Waals surface area contributed by atoms with Gasteiger partial charge in [-0.1, -0.05) is 4.80 Å². The van der Waals surface area contributed by atoms with E-state index in [-0.39, 0.29) is 5.82 Å². The van der Waals surface area contributed by atoms with E-state index >= 15 is 0 Å². The van der Waals surface area contributed by atoms with Gasteiger partial charge in [0, 0.05) is 0 Å². The number of hydrogen-bond acceptors (Lipinski definition) is 4. The van der Waals surface area contributed by atoms with Crippen molar-refractivity contribution in [3.05, 3.63) is 16.3 Å². The van der Waals surface area contributed by atoms with Gasteiger partial charge in [0.15, 0.2) is 6.20 Å². The van der Waals surface area contributed by atoms with Gasteiger partial charge >= 0.3 is 5.82 Å². The molecule has 0 aliphatic carbocycles. The standard InChI is InChI=1S/C4H6N4O2/c1-2-7-5-3-4(6-7)8(9)10/h3H,2H2,1H3. The molecule has 0 saturated heterocycles. The van der Waals surface area contributed by atoms with Gasteiger partial charge in [-0.25, -0.2) is 0 Å². The first-order valence-electron chi connectivity index (χ1n) is 2.78. The predicted molar refractivity (Wildman–Crippen MR) is 32.4 cm³/mol. The third kappa shape index (κ3) is 1.09. The Bertz CT molecular complexity index is 243. The fourth-order valence-electron chi connectivity index (χ4n) is 0.524. The molecule has 10 heavy (non-hydrogen) atoms. The lowest BCUT2D eigenvalue weighted by molar-refractivity contribution is -0.389. The molecule has 0 aliphatic heterocycles. The molecule has 0 fully saturated rings. The molecule has 0 radical (unpaired) electrons. The Balaban J connectivity index is 2.88. The maximum atomic E-state index is 10.0. The average Bonchev–Trinajstić information content (AvgIpc) is 2.34.